The first-order chi connectivity index (χ1) is 13.2. The van der Waals surface area contributed by atoms with Crippen LogP contribution in [0.15, 0.2) is 47.6 Å². The molecule has 0 radical (unpaired) electrons. The van der Waals surface area contributed by atoms with Gasteiger partial charge in [0.1, 0.15) is 5.25 Å². The molecule has 2 aromatic rings. The van der Waals surface area contributed by atoms with Crippen molar-refractivity contribution >= 4 is 51.9 Å². The minimum Gasteiger partial charge on any atom is -0.326 e. The van der Waals surface area contributed by atoms with E-state index in [0.29, 0.717) is 11.0 Å². The van der Waals surface area contributed by atoms with Crippen LogP contribution < -0.4 is 10.6 Å². The number of alkyl halides is 3. The van der Waals surface area contributed by atoms with E-state index < -0.39 is 33.8 Å². The van der Waals surface area contributed by atoms with Crippen molar-refractivity contribution in [3.63, 3.8) is 0 Å². The highest BCUT2D eigenvalue weighted by Gasteiger charge is 2.34. The van der Waals surface area contributed by atoms with Gasteiger partial charge < -0.3 is 10.6 Å². The number of pyridine rings is 1. The van der Waals surface area contributed by atoms with E-state index in [2.05, 4.69) is 20.6 Å². The number of aliphatic imine (C=N–C) groups is 1. The molecule has 1 fully saturated rings. The molecule has 2 heterocycles. The molecule has 0 aliphatic carbocycles. The molecule has 1 aliphatic rings. The second-order valence-corrected chi connectivity index (χ2v) is 7.24. The molecule has 1 atom stereocenters. The monoisotopic (exact) mass is 428 g/mol. The Balaban J connectivity index is 1.64. The summed E-state index contributed by atoms with van der Waals surface area (Å²) in [6.45, 7) is 0. The van der Waals surface area contributed by atoms with E-state index in [4.69, 9.17) is 11.6 Å². The molecule has 11 heteroatoms. The second-order valence-electron chi connectivity index (χ2n) is 5.65. The number of hydrogen-bond acceptors (Lipinski definition) is 5. The van der Waals surface area contributed by atoms with Gasteiger partial charge in [-0.1, -0.05) is 29.4 Å². The summed E-state index contributed by atoms with van der Waals surface area (Å²) in [5.41, 5.74) is -1.11. The van der Waals surface area contributed by atoms with Crippen molar-refractivity contribution in [3.05, 3.63) is 53.2 Å². The molecule has 0 saturated carbocycles. The van der Waals surface area contributed by atoms with E-state index in [1.165, 1.54) is 6.07 Å². The predicted octanol–water partition coefficient (Wildman–Crippen LogP) is 4.00. The number of amidine groups is 1. The number of anilines is 1. The van der Waals surface area contributed by atoms with Crippen LogP contribution in [-0.2, 0) is 15.8 Å². The molecule has 2 amide bonds. The van der Waals surface area contributed by atoms with Crippen LogP contribution in [0.4, 0.5) is 24.7 Å². The number of halogens is 4. The van der Waals surface area contributed by atoms with Crippen molar-refractivity contribution in [2.75, 3.05) is 5.32 Å². The quantitative estimate of drug-likeness (QED) is 0.771. The Kier molecular flexibility index (Phi) is 5.90. The lowest BCUT2D eigenvalue weighted by Crippen LogP contribution is -2.28. The SMILES string of the molecule is O=C(CC1S/C(=N/c2ccccn2)NC1=O)Nc1ccc(Cl)c(C(F)(F)F)c1. The number of amides is 2. The van der Waals surface area contributed by atoms with Gasteiger partial charge in [0, 0.05) is 18.3 Å². The molecule has 1 saturated heterocycles. The van der Waals surface area contributed by atoms with E-state index in [0.717, 1.165) is 23.9 Å². The zero-order valence-electron chi connectivity index (χ0n) is 14.0. The van der Waals surface area contributed by atoms with Crippen molar-refractivity contribution in [1.82, 2.24) is 10.3 Å². The standard InChI is InChI=1S/C17H12ClF3N4O2S/c18-11-5-4-9(7-10(11)17(19,20)21)23-14(26)8-12-15(27)25-16(28-12)24-13-3-1-2-6-22-13/h1-7,12H,8H2,(H,23,26)(H,22,24,25,27). The number of hydrogen-bond donors (Lipinski definition) is 2. The van der Waals surface area contributed by atoms with Gasteiger partial charge in [0.25, 0.3) is 0 Å². The minimum absolute atomic E-state index is 0.0625. The van der Waals surface area contributed by atoms with Crippen LogP contribution in [-0.4, -0.2) is 27.2 Å². The smallest absolute Gasteiger partial charge is 0.326 e. The lowest BCUT2D eigenvalue weighted by Gasteiger charge is -2.12. The Hall–Kier alpha value is -2.59. The lowest BCUT2D eigenvalue weighted by molar-refractivity contribution is -0.137. The average Bonchev–Trinajstić information content (AvgIpc) is 2.95. The summed E-state index contributed by atoms with van der Waals surface area (Å²) < 4.78 is 38.7. The van der Waals surface area contributed by atoms with E-state index in [9.17, 15) is 22.8 Å². The van der Waals surface area contributed by atoms with Crippen LogP contribution in [0.1, 0.15) is 12.0 Å². The summed E-state index contributed by atoms with van der Waals surface area (Å²) in [5, 5.41) is 3.98. The van der Waals surface area contributed by atoms with Crippen LogP contribution >= 0.6 is 23.4 Å². The molecule has 1 aromatic carbocycles. The Morgan fingerprint density at radius 3 is 2.79 bits per heavy atom. The number of carbonyl (C=O) groups is 2. The number of nitrogens with one attached hydrogen (secondary N) is 2. The number of aromatic nitrogens is 1. The van der Waals surface area contributed by atoms with Crippen LogP contribution in [0.5, 0.6) is 0 Å². The molecule has 2 N–H and O–H groups in total. The molecule has 1 aromatic heterocycles. The Bertz CT molecular complexity index is 938. The van der Waals surface area contributed by atoms with Crippen molar-refractivity contribution < 1.29 is 22.8 Å². The predicted molar refractivity (Wildman–Crippen MR) is 101 cm³/mol. The lowest BCUT2D eigenvalue weighted by atomic mass is 10.2. The first-order valence-corrected chi connectivity index (χ1v) is 9.12. The van der Waals surface area contributed by atoms with Gasteiger partial charge in [0.15, 0.2) is 11.0 Å². The van der Waals surface area contributed by atoms with Crippen molar-refractivity contribution in [2.24, 2.45) is 4.99 Å². The van der Waals surface area contributed by atoms with Crippen LogP contribution in [0.25, 0.3) is 0 Å². The summed E-state index contributed by atoms with van der Waals surface area (Å²) in [6, 6.07) is 8.16. The van der Waals surface area contributed by atoms with Gasteiger partial charge in [-0.2, -0.15) is 13.2 Å². The number of thioether (sulfide) groups is 1. The molecule has 1 unspecified atom stereocenters. The maximum absolute atomic E-state index is 12.9. The van der Waals surface area contributed by atoms with Crippen molar-refractivity contribution in [1.29, 1.82) is 0 Å². The fourth-order valence-electron chi connectivity index (χ4n) is 2.32. The number of carbonyl (C=O) groups excluding carboxylic acids is 2. The summed E-state index contributed by atoms with van der Waals surface area (Å²) in [6.07, 6.45) is -3.33. The normalized spacial score (nSPS) is 18.2. The molecule has 1 aliphatic heterocycles. The van der Waals surface area contributed by atoms with E-state index in [1.54, 1.807) is 24.4 Å². The second kappa shape index (κ2) is 8.19. The van der Waals surface area contributed by atoms with Gasteiger partial charge in [-0.25, -0.2) is 9.98 Å². The van der Waals surface area contributed by atoms with Gasteiger partial charge in [-0.15, -0.1) is 0 Å². The van der Waals surface area contributed by atoms with Crippen LogP contribution in [0, 0.1) is 0 Å². The highest BCUT2D eigenvalue weighted by molar-refractivity contribution is 8.15. The first kappa shape index (κ1) is 20.2. The van der Waals surface area contributed by atoms with Gasteiger partial charge in [-0.3, -0.25) is 9.59 Å². The van der Waals surface area contributed by atoms with Crippen molar-refractivity contribution in [2.45, 2.75) is 17.8 Å². The Morgan fingerprint density at radius 2 is 2.11 bits per heavy atom. The molecule has 6 nitrogen and oxygen atoms in total. The zero-order valence-corrected chi connectivity index (χ0v) is 15.5. The van der Waals surface area contributed by atoms with E-state index >= 15 is 0 Å². The maximum Gasteiger partial charge on any atom is 0.417 e. The number of nitrogens with zero attached hydrogens (tertiary/aromatic N) is 2. The van der Waals surface area contributed by atoms with Gasteiger partial charge in [0.2, 0.25) is 11.8 Å². The topological polar surface area (TPSA) is 83.5 Å². The molecule has 0 spiro atoms. The van der Waals surface area contributed by atoms with E-state index in [-0.39, 0.29) is 12.1 Å². The third-order valence-corrected chi connectivity index (χ3v) is 4.98. The van der Waals surface area contributed by atoms with Gasteiger partial charge in [-0.05, 0) is 30.3 Å². The minimum atomic E-state index is -4.64. The molecular formula is C17H12ClF3N4O2S. The average molecular weight is 429 g/mol. The Labute approximate surface area is 166 Å². The largest absolute Gasteiger partial charge is 0.417 e. The van der Waals surface area contributed by atoms with Crippen LogP contribution in [0.3, 0.4) is 0 Å². The number of benzene rings is 1. The summed E-state index contributed by atoms with van der Waals surface area (Å²) in [4.78, 5) is 32.3. The molecule has 146 valence electrons. The summed E-state index contributed by atoms with van der Waals surface area (Å²) >= 11 is 6.60. The van der Waals surface area contributed by atoms with Crippen molar-refractivity contribution in [3.8, 4) is 0 Å². The van der Waals surface area contributed by atoms with E-state index in [1.807, 2.05) is 0 Å². The summed E-state index contributed by atoms with van der Waals surface area (Å²) in [5.74, 6) is -0.625. The van der Waals surface area contributed by atoms with Gasteiger partial charge in [0.05, 0.1) is 10.6 Å². The number of rotatable bonds is 4. The summed E-state index contributed by atoms with van der Waals surface area (Å²) in [7, 11) is 0. The molecule has 28 heavy (non-hydrogen) atoms. The highest BCUT2D eigenvalue weighted by Crippen LogP contribution is 2.36. The maximum atomic E-state index is 12.9. The van der Waals surface area contributed by atoms with Gasteiger partial charge >= 0.3 is 6.18 Å². The fourth-order valence-corrected chi connectivity index (χ4v) is 3.52. The molecular weight excluding hydrogens is 417 g/mol. The third kappa shape index (κ3) is 5.02. The third-order valence-electron chi connectivity index (χ3n) is 3.57. The molecule has 0 bridgehead atoms. The Morgan fingerprint density at radius 1 is 1.32 bits per heavy atom. The first-order valence-electron chi connectivity index (χ1n) is 7.86. The highest BCUT2D eigenvalue weighted by atomic mass is 35.5. The fraction of sp³-hybridized carbons (Fsp3) is 0.176. The zero-order chi connectivity index (χ0) is 20.3. The molecule has 3 rings (SSSR count). The van der Waals surface area contributed by atoms with Crippen LogP contribution in [0.2, 0.25) is 5.02 Å².